The lowest BCUT2D eigenvalue weighted by Gasteiger charge is -2.31. The highest BCUT2D eigenvalue weighted by atomic mass is 16.2. The van der Waals surface area contributed by atoms with E-state index in [4.69, 9.17) is 0 Å². The van der Waals surface area contributed by atoms with Gasteiger partial charge in [-0.1, -0.05) is 122 Å². The average molecular weight is 409 g/mol. The second-order valence-corrected chi connectivity index (χ2v) is 9.81. The predicted molar refractivity (Wildman–Crippen MR) is 128 cm³/mol. The predicted octanol–water partition coefficient (Wildman–Crippen LogP) is 8.27. The Balaban J connectivity index is 2.21. The van der Waals surface area contributed by atoms with Crippen molar-refractivity contribution in [1.29, 1.82) is 0 Å². The van der Waals surface area contributed by atoms with Crippen molar-refractivity contribution in [3.63, 3.8) is 0 Å². The molecule has 3 heteroatoms. The molecule has 0 aromatic heterocycles. The Bertz CT molecular complexity index is 369. The van der Waals surface area contributed by atoms with Gasteiger partial charge in [-0.25, -0.2) is 4.79 Å². The summed E-state index contributed by atoms with van der Waals surface area (Å²) < 4.78 is 0. The fraction of sp³-hybridized carbons (Fsp3) is 0.962. The quantitative estimate of drug-likeness (QED) is 0.351. The molecule has 0 atom stereocenters. The smallest absolute Gasteiger partial charge is 0.315 e. The van der Waals surface area contributed by atoms with E-state index in [9.17, 15) is 4.79 Å². The second-order valence-electron chi connectivity index (χ2n) is 9.81. The summed E-state index contributed by atoms with van der Waals surface area (Å²) in [5, 5.41) is 6.47. The number of unbranched alkanes of at least 4 members (excludes halogenated alkanes) is 7. The van der Waals surface area contributed by atoms with Crippen LogP contribution in [-0.4, -0.2) is 18.1 Å². The first-order chi connectivity index (χ1) is 14.2. The van der Waals surface area contributed by atoms with Crippen molar-refractivity contribution >= 4 is 6.03 Å². The van der Waals surface area contributed by atoms with Crippen molar-refractivity contribution in [3.8, 4) is 0 Å². The molecule has 0 spiro atoms. The van der Waals surface area contributed by atoms with Crippen LogP contribution >= 0.6 is 0 Å². The summed E-state index contributed by atoms with van der Waals surface area (Å²) in [4.78, 5) is 12.5. The minimum Gasteiger partial charge on any atom is -0.338 e. The van der Waals surface area contributed by atoms with Gasteiger partial charge in [0.1, 0.15) is 0 Å². The van der Waals surface area contributed by atoms with E-state index in [1.807, 2.05) is 0 Å². The Labute approximate surface area is 182 Å². The van der Waals surface area contributed by atoms with Gasteiger partial charge in [-0.3, -0.25) is 0 Å². The molecule has 0 unspecified atom stereocenters. The van der Waals surface area contributed by atoms with E-state index in [1.54, 1.807) is 0 Å². The molecule has 29 heavy (non-hydrogen) atoms. The Morgan fingerprint density at radius 2 is 1.07 bits per heavy atom. The molecular formula is C26H52N2O. The van der Waals surface area contributed by atoms with E-state index in [0.717, 1.165) is 25.8 Å². The van der Waals surface area contributed by atoms with E-state index in [2.05, 4.69) is 24.5 Å². The molecule has 2 amide bonds. The van der Waals surface area contributed by atoms with Gasteiger partial charge >= 0.3 is 6.03 Å². The molecule has 2 N–H and O–H groups in total. The molecule has 0 saturated heterocycles. The number of hydrogen-bond acceptors (Lipinski definition) is 1. The van der Waals surface area contributed by atoms with Crippen LogP contribution in [0.2, 0.25) is 0 Å². The monoisotopic (exact) mass is 408 g/mol. The van der Waals surface area contributed by atoms with E-state index >= 15 is 0 Å². The summed E-state index contributed by atoms with van der Waals surface area (Å²) in [6, 6.07) is 0.0524. The van der Waals surface area contributed by atoms with Crippen molar-refractivity contribution < 1.29 is 4.79 Å². The second kappa shape index (κ2) is 18.1. The summed E-state index contributed by atoms with van der Waals surface area (Å²) in [6.07, 6.45) is 27.6. The normalized spacial score (nSPS) is 19.2. The molecule has 1 rings (SSSR count). The molecule has 0 aromatic rings. The zero-order valence-electron chi connectivity index (χ0n) is 20.0. The van der Waals surface area contributed by atoms with Crippen LogP contribution in [0.4, 0.5) is 4.79 Å². The lowest BCUT2D eigenvalue weighted by molar-refractivity contribution is 0.218. The molecule has 1 aliphatic carbocycles. The molecule has 0 aliphatic heterocycles. The van der Waals surface area contributed by atoms with Gasteiger partial charge in [-0.2, -0.15) is 0 Å². The van der Waals surface area contributed by atoms with Gasteiger partial charge in [-0.15, -0.1) is 0 Å². The van der Waals surface area contributed by atoms with Gasteiger partial charge in [0.05, 0.1) is 0 Å². The molecule has 172 valence electrons. The zero-order valence-corrected chi connectivity index (χ0v) is 20.0. The van der Waals surface area contributed by atoms with E-state index in [0.29, 0.717) is 0 Å². The highest BCUT2D eigenvalue weighted by Crippen LogP contribution is 2.24. The third-order valence-electron chi connectivity index (χ3n) is 6.69. The van der Waals surface area contributed by atoms with Gasteiger partial charge in [0, 0.05) is 12.1 Å². The SMILES string of the molecule is CCCCCCCCCCNC(=O)NC1(C)CCCCCCCCCCCCC1. The first-order valence-corrected chi connectivity index (χ1v) is 13.2. The van der Waals surface area contributed by atoms with Crippen LogP contribution in [0.5, 0.6) is 0 Å². The van der Waals surface area contributed by atoms with Crippen LogP contribution in [0.25, 0.3) is 0 Å². The Morgan fingerprint density at radius 3 is 1.55 bits per heavy atom. The van der Waals surface area contributed by atoms with Crippen LogP contribution in [0.3, 0.4) is 0 Å². The third-order valence-corrected chi connectivity index (χ3v) is 6.69. The van der Waals surface area contributed by atoms with Crippen LogP contribution in [0.1, 0.15) is 149 Å². The summed E-state index contributed by atoms with van der Waals surface area (Å²) in [6.45, 7) is 5.35. The lowest BCUT2D eigenvalue weighted by Crippen LogP contribution is -2.50. The third kappa shape index (κ3) is 15.7. The van der Waals surface area contributed by atoms with Crippen molar-refractivity contribution in [2.45, 2.75) is 154 Å². The van der Waals surface area contributed by atoms with Gasteiger partial charge in [0.25, 0.3) is 0 Å². The molecule has 0 radical (unpaired) electrons. The number of carbonyl (C=O) groups is 1. The molecule has 1 saturated carbocycles. The van der Waals surface area contributed by atoms with Crippen molar-refractivity contribution in [1.82, 2.24) is 10.6 Å². The fourth-order valence-corrected chi connectivity index (χ4v) is 4.65. The average Bonchev–Trinajstić information content (AvgIpc) is 2.70. The number of rotatable bonds is 10. The van der Waals surface area contributed by atoms with Gasteiger partial charge < -0.3 is 10.6 Å². The van der Waals surface area contributed by atoms with E-state index < -0.39 is 0 Å². The molecule has 0 bridgehead atoms. The molecule has 0 aromatic carbocycles. The zero-order chi connectivity index (χ0) is 21.0. The van der Waals surface area contributed by atoms with Crippen LogP contribution in [0.15, 0.2) is 0 Å². The van der Waals surface area contributed by atoms with Crippen LogP contribution in [0, 0.1) is 0 Å². The standard InChI is InChI=1S/C26H52N2O/c1-3-4-5-6-7-15-18-21-24-27-25(29)28-26(2)22-19-16-13-11-9-8-10-12-14-17-20-23-26/h3-24H2,1-2H3,(H2,27,28,29). The summed E-state index contributed by atoms with van der Waals surface area (Å²) >= 11 is 0. The first-order valence-electron chi connectivity index (χ1n) is 13.2. The Hall–Kier alpha value is -0.730. The molecule has 1 fully saturated rings. The van der Waals surface area contributed by atoms with Crippen molar-refractivity contribution in [3.05, 3.63) is 0 Å². The summed E-state index contributed by atoms with van der Waals surface area (Å²) in [5.74, 6) is 0. The highest BCUT2D eigenvalue weighted by Gasteiger charge is 2.25. The lowest BCUT2D eigenvalue weighted by atomic mass is 9.87. The van der Waals surface area contributed by atoms with Gasteiger partial charge in [-0.05, 0) is 26.2 Å². The minimum absolute atomic E-state index is 0.0342. The highest BCUT2D eigenvalue weighted by molar-refractivity contribution is 5.74. The van der Waals surface area contributed by atoms with Gasteiger partial charge in [0.15, 0.2) is 0 Å². The minimum atomic E-state index is -0.0342. The number of nitrogens with one attached hydrogen (secondary N) is 2. The first kappa shape index (κ1) is 26.3. The summed E-state index contributed by atoms with van der Waals surface area (Å²) in [5.41, 5.74) is -0.0342. The van der Waals surface area contributed by atoms with Crippen LogP contribution in [-0.2, 0) is 0 Å². The number of carbonyl (C=O) groups excluding carboxylic acids is 1. The maximum Gasteiger partial charge on any atom is 0.315 e. The number of amides is 2. The Kier molecular flexibility index (Phi) is 16.4. The van der Waals surface area contributed by atoms with Crippen molar-refractivity contribution in [2.75, 3.05) is 6.54 Å². The van der Waals surface area contributed by atoms with E-state index in [1.165, 1.54) is 116 Å². The summed E-state index contributed by atoms with van der Waals surface area (Å²) in [7, 11) is 0. The van der Waals surface area contributed by atoms with Gasteiger partial charge in [0.2, 0.25) is 0 Å². The maximum absolute atomic E-state index is 12.5. The Morgan fingerprint density at radius 1 is 0.655 bits per heavy atom. The largest absolute Gasteiger partial charge is 0.338 e. The number of urea groups is 1. The molecule has 0 heterocycles. The van der Waals surface area contributed by atoms with Crippen LogP contribution < -0.4 is 10.6 Å². The van der Waals surface area contributed by atoms with E-state index in [-0.39, 0.29) is 11.6 Å². The molecule has 3 nitrogen and oxygen atoms in total. The maximum atomic E-state index is 12.5. The molecule has 1 aliphatic rings. The topological polar surface area (TPSA) is 41.1 Å². The fourth-order valence-electron chi connectivity index (χ4n) is 4.65. The number of hydrogen-bond donors (Lipinski definition) is 2. The molecular weight excluding hydrogens is 356 g/mol. The van der Waals surface area contributed by atoms with Crippen molar-refractivity contribution in [2.24, 2.45) is 0 Å².